The average Bonchev–Trinajstić information content (AvgIpc) is 2.78. The molecule has 90 valence electrons. The number of anilines is 1. The zero-order valence-corrected chi connectivity index (χ0v) is 10.3. The number of aromatic amines is 1. The third kappa shape index (κ3) is 2.55. The van der Waals surface area contributed by atoms with Gasteiger partial charge in [-0.05, 0) is 38.8 Å². The van der Waals surface area contributed by atoms with Gasteiger partial charge in [-0.3, -0.25) is 0 Å². The molecule has 16 heavy (non-hydrogen) atoms. The highest BCUT2D eigenvalue weighted by molar-refractivity contribution is 5.32. The molecule has 2 N–H and O–H groups in total. The van der Waals surface area contributed by atoms with E-state index in [1.165, 1.54) is 18.5 Å². The zero-order chi connectivity index (χ0) is 11.4. The standard InChI is InChI=1S/C12H22N4/c1-3-11-8-14-12(15-11)16-6-4-5-10(9-16)7-13-2/h8,10,13H,3-7,9H2,1-2H3,(H,14,15). The summed E-state index contributed by atoms with van der Waals surface area (Å²) in [6.45, 7) is 5.52. The lowest BCUT2D eigenvalue weighted by Crippen LogP contribution is -2.39. The third-order valence-corrected chi connectivity index (χ3v) is 3.31. The number of aromatic nitrogens is 2. The number of nitrogens with one attached hydrogen (secondary N) is 2. The second-order valence-corrected chi connectivity index (χ2v) is 4.60. The average molecular weight is 222 g/mol. The van der Waals surface area contributed by atoms with E-state index >= 15 is 0 Å². The van der Waals surface area contributed by atoms with Crippen LogP contribution in [0.25, 0.3) is 0 Å². The Morgan fingerprint density at radius 2 is 2.50 bits per heavy atom. The summed E-state index contributed by atoms with van der Waals surface area (Å²) in [6.07, 6.45) is 5.59. The van der Waals surface area contributed by atoms with Crippen LogP contribution in [0.15, 0.2) is 6.20 Å². The minimum absolute atomic E-state index is 0.758. The topological polar surface area (TPSA) is 44.0 Å². The fraction of sp³-hybridized carbons (Fsp3) is 0.750. The molecule has 1 fully saturated rings. The maximum absolute atomic E-state index is 4.46. The molecule has 4 heteroatoms. The van der Waals surface area contributed by atoms with E-state index in [2.05, 4.69) is 27.1 Å². The molecular formula is C12H22N4. The molecule has 0 saturated carbocycles. The summed E-state index contributed by atoms with van der Waals surface area (Å²) in [5.74, 6) is 1.81. The van der Waals surface area contributed by atoms with Crippen molar-refractivity contribution in [2.45, 2.75) is 26.2 Å². The van der Waals surface area contributed by atoms with Crippen molar-refractivity contribution in [3.05, 3.63) is 11.9 Å². The Morgan fingerprint density at radius 1 is 1.62 bits per heavy atom. The van der Waals surface area contributed by atoms with Crippen LogP contribution in [0, 0.1) is 5.92 Å². The Hall–Kier alpha value is -1.03. The van der Waals surface area contributed by atoms with Gasteiger partial charge in [0.1, 0.15) is 0 Å². The van der Waals surface area contributed by atoms with Crippen molar-refractivity contribution in [2.75, 3.05) is 31.6 Å². The largest absolute Gasteiger partial charge is 0.342 e. The summed E-state index contributed by atoms with van der Waals surface area (Å²) in [6, 6.07) is 0. The van der Waals surface area contributed by atoms with Crippen LogP contribution < -0.4 is 10.2 Å². The van der Waals surface area contributed by atoms with Crippen LogP contribution >= 0.6 is 0 Å². The van der Waals surface area contributed by atoms with Gasteiger partial charge in [-0.15, -0.1) is 0 Å². The molecule has 0 amide bonds. The van der Waals surface area contributed by atoms with Gasteiger partial charge >= 0.3 is 0 Å². The van der Waals surface area contributed by atoms with E-state index in [0.717, 1.165) is 37.9 Å². The van der Waals surface area contributed by atoms with E-state index < -0.39 is 0 Å². The fourth-order valence-corrected chi connectivity index (χ4v) is 2.40. The number of imidazole rings is 1. The molecule has 1 aliphatic heterocycles. The van der Waals surface area contributed by atoms with Gasteiger partial charge in [0, 0.05) is 18.8 Å². The smallest absolute Gasteiger partial charge is 0.202 e. The van der Waals surface area contributed by atoms with Gasteiger partial charge in [0.2, 0.25) is 5.95 Å². The van der Waals surface area contributed by atoms with E-state index in [9.17, 15) is 0 Å². The second kappa shape index (κ2) is 5.34. The molecule has 2 rings (SSSR count). The molecule has 1 aliphatic rings. The van der Waals surface area contributed by atoms with Crippen molar-refractivity contribution in [2.24, 2.45) is 5.92 Å². The number of rotatable bonds is 4. The maximum atomic E-state index is 4.46. The Bertz CT molecular complexity index is 319. The Labute approximate surface area is 97.4 Å². The number of H-pyrrole nitrogens is 1. The lowest BCUT2D eigenvalue weighted by atomic mass is 9.98. The monoisotopic (exact) mass is 222 g/mol. The molecule has 1 saturated heterocycles. The third-order valence-electron chi connectivity index (χ3n) is 3.31. The van der Waals surface area contributed by atoms with E-state index in [0.29, 0.717) is 0 Å². The van der Waals surface area contributed by atoms with Crippen LogP contribution in [0.5, 0.6) is 0 Å². The lowest BCUT2D eigenvalue weighted by Gasteiger charge is -2.32. The van der Waals surface area contributed by atoms with E-state index in [-0.39, 0.29) is 0 Å². The number of piperidine rings is 1. The molecule has 2 heterocycles. The summed E-state index contributed by atoms with van der Waals surface area (Å²) in [4.78, 5) is 10.2. The van der Waals surface area contributed by atoms with Crippen molar-refractivity contribution in [1.29, 1.82) is 0 Å². The minimum Gasteiger partial charge on any atom is -0.342 e. The molecule has 1 aromatic rings. The number of hydrogen-bond acceptors (Lipinski definition) is 3. The van der Waals surface area contributed by atoms with Crippen LogP contribution in [-0.2, 0) is 6.42 Å². The fourth-order valence-electron chi connectivity index (χ4n) is 2.40. The Kier molecular flexibility index (Phi) is 3.83. The first-order valence-electron chi connectivity index (χ1n) is 6.27. The SMILES string of the molecule is CCc1cnc(N2CCCC(CNC)C2)[nH]1. The van der Waals surface area contributed by atoms with Gasteiger partial charge in [0.15, 0.2) is 0 Å². The molecule has 0 aromatic carbocycles. The highest BCUT2D eigenvalue weighted by Crippen LogP contribution is 2.20. The van der Waals surface area contributed by atoms with Crippen LogP contribution in [0.3, 0.4) is 0 Å². The van der Waals surface area contributed by atoms with Crippen molar-refractivity contribution in [3.63, 3.8) is 0 Å². The normalized spacial score (nSPS) is 21.4. The molecule has 0 aliphatic carbocycles. The van der Waals surface area contributed by atoms with Gasteiger partial charge in [0.25, 0.3) is 0 Å². The molecule has 1 unspecified atom stereocenters. The predicted octanol–water partition coefficient (Wildman–Crippen LogP) is 1.41. The highest BCUT2D eigenvalue weighted by atomic mass is 15.3. The number of aryl methyl sites for hydroxylation is 1. The van der Waals surface area contributed by atoms with Gasteiger partial charge in [0.05, 0.1) is 6.20 Å². The Balaban J connectivity index is 1.98. The first kappa shape index (κ1) is 11.5. The molecule has 1 atom stereocenters. The summed E-state index contributed by atoms with van der Waals surface area (Å²) >= 11 is 0. The van der Waals surface area contributed by atoms with E-state index in [4.69, 9.17) is 0 Å². The quantitative estimate of drug-likeness (QED) is 0.809. The predicted molar refractivity (Wildman–Crippen MR) is 66.8 cm³/mol. The highest BCUT2D eigenvalue weighted by Gasteiger charge is 2.21. The summed E-state index contributed by atoms with van der Waals surface area (Å²) in [7, 11) is 2.03. The molecule has 0 radical (unpaired) electrons. The van der Waals surface area contributed by atoms with Crippen LogP contribution in [-0.4, -0.2) is 36.6 Å². The summed E-state index contributed by atoms with van der Waals surface area (Å²) in [5.41, 5.74) is 1.23. The van der Waals surface area contributed by atoms with Gasteiger partial charge < -0.3 is 15.2 Å². The molecule has 0 spiro atoms. The van der Waals surface area contributed by atoms with Crippen LogP contribution in [0.2, 0.25) is 0 Å². The number of nitrogens with zero attached hydrogens (tertiary/aromatic N) is 2. The van der Waals surface area contributed by atoms with Crippen LogP contribution in [0.1, 0.15) is 25.5 Å². The second-order valence-electron chi connectivity index (χ2n) is 4.60. The van der Waals surface area contributed by atoms with Crippen molar-refractivity contribution in [1.82, 2.24) is 15.3 Å². The van der Waals surface area contributed by atoms with E-state index in [1.807, 2.05) is 13.2 Å². The van der Waals surface area contributed by atoms with Gasteiger partial charge in [-0.25, -0.2) is 4.98 Å². The first-order valence-corrected chi connectivity index (χ1v) is 6.27. The van der Waals surface area contributed by atoms with Crippen molar-refractivity contribution < 1.29 is 0 Å². The van der Waals surface area contributed by atoms with E-state index in [1.54, 1.807) is 0 Å². The van der Waals surface area contributed by atoms with Gasteiger partial charge in [-0.1, -0.05) is 6.92 Å². The number of hydrogen-bond donors (Lipinski definition) is 2. The maximum Gasteiger partial charge on any atom is 0.202 e. The summed E-state index contributed by atoms with van der Waals surface area (Å²) < 4.78 is 0. The van der Waals surface area contributed by atoms with Crippen molar-refractivity contribution in [3.8, 4) is 0 Å². The molecule has 4 nitrogen and oxygen atoms in total. The molecule has 1 aromatic heterocycles. The zero-order valence-electron chi connectivity index (χ0n) is 10.3. The molecular weight excluding hydrogens is 200 g/mol. The van der Waals surface area contributed by atoms with Crippen molar-refractivity contribution >= 4 is 5.95 Å². The Morgan fingerprint density at radius 3 is 3.19 bits per heavy atom. The van der Waals surface area contributed by atoms with Gasteiger partial charge in [-0.2, -0.15) is 0 Å². The van der Waals surface area contributed by atoms with Crippen LogP contribution in [0.4, 0.5) is 5.95 Å². The first-order chi connectivity index (χ1) is 7.83. The minimum atomic E-state index is 0.758. The summed E-state index contributed by atoms with van der Waals surface area (Å²) in [5, 5.41) is 3.27. The molecule has 0 bridgehead atoms. The lowest BCUT2D eigenvalue weighted by molar-refractivity contribution is 0.400.